The predicted octanol–water partition coefficient (Wildman–Crippen LogP) is 3.01. The first-order chi connectivity index (χ1) is 8.08. The molecule has 0 bridgehead atoms. The van der Waals surface area contributed by atoms with E-state index in [1.807, 2.05) is 12.1 Å². The van der Waals surface area contributed by atoms with Crippen LogP contribution in [-0.4, -0.2) is 20.5 Å². The molecule has 0 saturated heterocycles. The van der Waals surface area contributed by atoms with Gasteiger partial charge in [-0.15, -0.1) is 0 Å². The van der Waals surface area contributed by atoms with Gasteiger partial charge in [0.1, 0.15) is 0 Å². The Morgan fingerprint density at radius 1 is 0.882 bits per heavy atom. The normalized spacial score (nSPS) is 11.9. The molecule has 5 heteroatoms. The van der Waals surface area contributed by atoms with Crippen LogP contribution in [0.4, 0.5) is 0 Å². The first-order valence-electron chi connectivity index (χ1n) is 6.23. The van der Waals surface area contributed by atoms with Gasteiger partial charge in [-0.05, 0) is 25.0 Å². The average Bonchev–Trinajstić information content (AvgIpc) is 2.73. The summed E-state index contributed by atoms with van der Waals surface area (Å²) in [6, 6.07) is 4.06. The van der Waals surface area contributed by atoms with Crippen molar-refractivity contribution in [2.75, 3.05) is 6.16 Å². The van der Waals surface area contributed by atoms with Gasteiger partial charge in [0, 0.05) is 25.1 Å². The highest BCUT2D eigenvalue weighted by Crippen LogP contribution is 2.35. The summed E-state index contributed by atoms with van der Waals surface area (Å²) < 4.78 is 12.8. The molecule has 0 atom stereocenters. The highest BCUT2D eigenvalue weighted by molar-refractivity contribution is 7.51. The third-order valence-electron chi connectivity index (χ3n) is 2.78. The van der Waals surface area contributed by atoms with Crippen molar-refractivity contribution in [2.45, 2.75) is 45.1 Å². The molecule has 1 heterocycles. The van der Waals surface area contributed by atoms with Crippen molar-refractivity contribution in [1.29, 1.82) is 0 Å². The van der Waals surface area contributed by atoms with Gasteiger partial charge >= 0.3 is 7.60 Å². The van der Waals surface area contributed by atoms with E-state index in [1.54, 1.807) is 0 Å². The highest BCUT2D eigenvalue weighted by Gasteiger charge is 2.10. The minimum absolute atomic E-state index is 0.0381. The van der Waals surface area contributed by atoms with Crippen LogP contribution in [0.1, 0.15) is 38.5 Å². The summed E-state index contributed by atoms with van der Waals surface area (Å²) in [6.45, 7) is 1.06. The van der Waals surface area contributed by atoms with Crippen LogP contribution < -0.4 is 0 Å². The summed E-state index contributed by atoms with van der Waals surface area (Å²) in [4.78, 5) is 17.3. The molecule has 0 saturated carbocycles. The zero-order valence-corrected chi connectivity index (χ0v) is 11.1. The Bertz CT molecular complexity index is 332. The van der Waals surface area contributed by atoms with Gasteiger partial charge in [0.15, 0.2) is 0 Å². The molecule has 4 nitrogen and oxygen atoms in total. The van der Waals surface area contributed by atoms with Crippen molar-refractivity contribution in [3.05, 3.63) is 24.5 Å². The molecule has 0 amide bonds. The Hall–Kier alpha value is -0.570. The van der Waals surface area contributed by atoms with Gasteiger partial charge < -0.3 is 14.4 Å². The average molecular weight is 259 g/mol. The third kappa shape index (κ3) is 8.19. The van der Waals surface area contributed by atoms with E-state index in [1.165, 1.54) is 12.8 Å². The molecule has 1 aromatic heterocycles. The first-order valence-corrected chi connectivity index (χ1v) is 8.03. The van der Waals surface area contributed by atoms with Crippen LogP contribution >= 0.6 is 7.60 Å². The maximum absolute atomic E-state index is 10.6. The second-order valence-corrected chi connectivity index (χ2v) is 6.21. The zero-order valence-electron chi connectivity index (χ0n) is 10.2. The van der Waals surface area contributed by atoms with Crippen molar-refractivity contribution in [2.24, 2.45) is 0 Å². The van der Waals surface area contributed by atoms with E-state index in [2.05, 4.69) is 17.0 Å². The van der Waals surface area contributed by atoms with Gasteiger partial charge in [0.05, 0.1) is 0 Å². The van der Waals surface area contributed by atoms with Crippen LogP contribution in [-0.2, 0) is 11.1 Å². The molecule has 0 spiro atoms. The standard InChI is InChI=1S/C12H22NO3P/c14-17(15,16)12-8-4-2-1-3-5-9-13-10-6-7-11-13/h6-7,10-11H,1-5,8-9,12H2,(H2,14,15,16). The van der Waals surface area contributed by atoms with E-state index in [4.69, 9.17) is 9.79 Å². The van der Waals surface area contributed by atoms with Gasteiger partial charge in [-0.1, -0.05) is 25.7 Å². The molecule has 0 aliphatic heterocycles. The number of unbranched alkanes of at least 4 members (excludes halogenated alkanes) is 5. The van der Waals surface area contributed by atoms with E-state index < -0.39 is 7.60 Å². The summed E-state index contributed by atoms with van der Waals surface area (Å²) in [6.07, 6.45) is 10.3. The Balaban J connectivity index is 1.86. The van der Waals surface area contributed by atoms with Crippen molar-refractivity contribution in [3.8, 4) is 0 Å². The van der Waals surface area contributed by atoms with Crippen molar-refractivity contribution in [3.63, 3.8) is 0 Å². The van der Waals surface area contributed by atoms with Gasteiger partial charge in [0.2, 0.25) is 0 Å². The summed E-state index contributed by atoms with van der Waals surface area (Å²) in [7, 11) is -3.76. The van der Waals surface area contributed by atoms with Crippen LogP contribution in [0, 0.1) is 0 Å². The summed E-state index contributed by atoms with van der Waals surface area (Å²) in [5.74, 6) is 0. The van der Waals surface area contributed by atoms with Crippen molar-refractivity contribution in [1.82, 2.24) is 4.57 Å². The molecular formula is C12H22NO3P. The summed E-state index contributed by atoms with van der Waals surface area (Å²) in [5.41, 5.74) is 0. The predicted molar refractivity (Wildman–Crippen MR) is 69.0 cm³/mol. The second kappa shape index (κ2) is 7.70. The maximum atomic E-state index is 10.6. The molecule has 1 rings (SSSR count). The van der Waals surface area contributed by atoms with Crippen LogP contribution in [0.2, 0.25) is 0 Å². The monoisotopic (exact) mass is 259 g/mol. The molecule has 0 aromatic carbocycles. The Morgan fingerprint density at radius 3 is 2.00 bits per heavy atom. The fourth-order valence-electron chi connectivity index (χ4n) is 1.84. The molecule has 1 aromatic rings. The summed E-state index contributed by atoms with van der Waals surface area (Å²) >= 11 is 0. The number of nitrogens with zero attached hydrogens (tertiary/aromatic N) is 1. The lowest BCUT2D eigenvalue weighted by atomic mass is 10.1. The Labute approximate surface area is 103 Å². The van der Waals surface area contributed by atoms with E-state index in [0.717, 1.165) is 25.8 Å². The lowest BCUT2D eigenvalue weighted by Crippen LogP contribution is -1.94. The van der Waals surface area contributed by atoms with Gasteiger partial charge in [-0.3, -0.25) is 4.57 Å². The number of rotatable bonds is 9. The topological polar surface area (TPSA) is 62.5 Å². The van der Waals surface area contributed by atoms with Crippen molar-refractivity contribution < 1.29 is 14.4 Å². The Morgan fingerprint density at radius 2 is 1.41 bits per heavy atom. The van der Waals surface area contributed by atoms with E-state index in [-0.39, 0.29) is 6.16 Å². The summed E-state index contributed by atoms with van der Waals surface area (Å²) in [5, 5.41) is 0. The Kier molecular flexibility index (Phi) is 6.56. The third-order valence-corrected chi connectivity index (χ3v) is 3.68. The molecule has 0 unspecified atom stereocenters. The van der Waals surface area contributed by atoms with Crippen LogP contribution in [0.3, 0.4) is 0 Å². The lowest BCUT2D eigenvalue weighted by molar-refractivity contribution is 0.370. The van der Waals surface area contributed by atoms with E-state index >= 15 is 0 Å². The van der Waals surface area contributed by atoms with E-state index in [0.29, 0.717) is 6.42 Å². The quantitative estimate of drug-likeness (QED) is 0.529. The van der Waals surface area contributed by atoms with Crippen molar-refractivity contribution >= 4 is 7.60 Å². The first kappa shape index (κ1) is 14.5. The van der Waals surface area contributed by atoms with Crippen LogP contribution in [0.25, 0.3) is 0 Å². The molecular weight excluding hydrogens is 237 g/mol. The molecule has 2 N–H and O–H groups in total. The number of aryl methyl sites for hydroxylation is 1. The molecule has 98 valence electrons. The largest absolute Gasteiger partial charge is 0.354 e. The minimum Gasteiger partial charge on any atom is -0.354 e. The van der Waals surface area contributed by atoms with Gasteiger partial charge in [-0.25, -0.2) is 0 Å². The lowest BCUT2D eigenvalue weighted by Gasteiger charge is -2.04. The number of hydrogen-bond donors (Lipinski definition) is 2. The molecule has 0 fully saturated rings. The fourth-order valence-corrected chi connectivity index (χ4v) is 2.47. The molecule has 0 radical (unpaired) electrons. The second-order valence-electron chi connectivity index (χ2n) is 4.43. The van der Waals surface area contributed by atoms with Gasteiger partial charge in [0.25, 0.3) is 0 Å². The van der Waals surface area contributed by atoms with Crippen LogP contribution in [0.5, 0.6) is 0 Å². The molecule has 0 aliphatic carbocycles. The maximum Gasteiger partial charge on any atom is 0.325 e. The smallest absolute Gasteiger partial charge is 0.325 e. The zero-order chi connectivity index (χ0) is 12.6. The molecule has 0 aliphatic rings. The number of aromatic nitrogens is 1. The number of hydrogen-bond acceptors (Lipinski definition) is 1. The fraction of sp³-hybridized carbons (Fsp3) is 0.667. The van der Waals surface area contributed by atoms with Crippen LogP contribution in [0.15, 0.2) is 24.5 Å². The minimum atomic E-state index is -3.76. The molecule has 17 heavy (non-hydrogen) atoms. The van der Waals surface area contributed by atoms with E-state index in [9.17, 15) is 4.57 Å². The van der Waals surface area contributed by atoms with Gasteiger partial charge in [-0.2, -0.15) is 0 Å². The SMILES string of the molecule is O=P(O)(O)CCCCCCCCn1cccc1. The highest BCUT2D eigenvalue weighted by atomic mass is 31.2.